The second-order valence-corrected chi connectivity index (χ2v) is 7.75. The molecule has 2 aromatic carbocycles. The first-order valence-electron chi connectivity index (χ1n) is 9.67. The standard InChI is InChI=1S/C22H21FN4O2/c1-12-8-18(22(29)21(12)28)25-19-6-7-24-20-11-17(26-27(19)20)15-9-13-4-2-3-5-14(13)10-16(15)23/h2-7,9-12,18,21-22,25,28-29H,8H2,1H3/t12-,18-,21-,22+/m1/s1. The molecule has 29 heavy (non-hydrogen) atoms. The molecule has 4 atom stereocenters. The smallest absolute Gasteiger partial charge is 0.157 e. The zero-order valence-corrected chi connectivity index (χ0v) is 15.8. The summed E-state index contributed by atoms with van der Waals surface area (Å²) in [6.45, 7) is 1.91. The Labute approximate surface area is 166 Å². The Morgan fingerprint density at radius 3 is 2.55 bits per heavy atom. The third kappa shape index (κ3) is 3.03. The van der Waals surface area contributed by atoms with Crippen LogP contribution in [-0.2, 0) is 0 Å². The molecule has 2 heterocycles. The Balaban J connectivity index is 1.55. The quantitative estimate of drug-likeness (QED) is 0.499. The van der Waals surface area contributed by atoms with Crippen molar-refractivity contribution in [2.24, 2.45) is 5.92 Å². The Hall–Kier alpha value is -3.03. The van der Waals surface area contributed by atoms with Gasteiger partial charge in [0.05, 0.1) is 17.8 Å². The minimum atomic E-state index is -0.860. The van der Waals surface area contributed by atoms with Crippen LogP contribution in [0.25, 0.3) is 27.7 Å². The van der Waals surface area contributed by atoms with Crippen LogP contribution in [0.5, 0.6) is 0 Å². The van der Waals surface area contributed by atoms with Crippen LogP contribution < -0.4 is 5.32 Å². The first kappa shape index (κ1) is 18.0. The number of rotatable bonds is 3. The van der Waals surface area contributed by atoms with Gasteiger partial charge >= 0.3 is 0 Å². The molecule has 0 bridgehead atoms. The van der Waals surface area contributed by atoms with Gasteiger partial charge in [0.15, 0.2) is 5.65 Å². The van der Waals surface area contributed by atoms with Crippen LogP contribution in [-0.4, -0.2) is 43.1 Å². The summed E-state index contributed by atoms with van der Waals surface area (Å²) in [5.74, 6) is 0.289. The fourth-order valence-electron chi connectivity index (χ4n) is 4.13. The van der Waals surface area contributed by atoms with E-state index < -0.39 is 12.2 Å². The highest BCUT2D eigenvalue weighted by molar-refractivity contribution is 5.87. The largest absolute Gasteiger partial charge is 0.390 e. The molecular weight excluding hydrogens is 371 g/mol. The van der Waals surface area contributed by atoms with Gasteiger partial charge in [-0.25, -0.2) is 9.37 Å². The number of aliphatic hydroxyl groups is 2. The number of nitrogens with zero attached hydrogens (tertiary/aromatic N) is 3. The van der Waals surface area contributed by atoms with Gasteiger partial charge in [-0.2, -0.15) is 9.61 Å². The predicted molar refractivity (Wildman–Crippen MR) is 109 cm³/mol. The summed E-state index contributed by atoms with van der Waals surface area (Å²) < 4.78 is 16.4. The molecule has 0 aliphatic heterocycles. The van der Waals surface area contributed by atoms with Gasteiger partial charge in [-0.15, -0.1) is 0 Å². The Morgan fingerprint density at radius 1 is 1.07 bits per heavy atom. The molecule has 0 amide bonds. The van der Waals surface area contributed by atoms with Crippen molar-refractivity contribution in [3.8, 4) is 11.3 Å². The maximum Gasteiger partial charge on any atom is 0.157 e. The van der Waals surface area contributed by atoms with Crippen molar-refractivity contribution in [2.45, 2.75) is 31.6 Å². The van der Waals surface area contributed by atoms with E-state index in [9.17, 15) is 14.6 Å². The van der Waals surface area contributed by atoms with Crippen molar-refractivity contribution in [3.05, 3.63) is 60.5 Å². The number of benzene rings is 2. The Morgan fingerprint density at radius 2 is 1.83 bits per heavy atom. The SMILES string of the molecule is C[C@@H]1C[C@@H](Nc2ccnc3cc(-c4cc5ccccc5cc4F)nn23)[C@H](O)[C@@H]1O. The zero-order chi connectivity index (χ0) is 20.1. The topological polar surface area (TPSA) is 82.7 Å². The summed E-state index contributed by atoms with van der Waals surface area (Å²) in [4.78, 5) is 4.33. The third-order valence-corrected chi connectivity index (χ3v) is 5.77. The summed E-state index contributed by atoms with van der Waals surface area (Å²) >= 11 is 0. The fraction of sp³-hybridized carbons (Fsp3) is 0.273. The van der Waals surface area contributed by atoms with Gasteiger partial charge in [0.1, 0.15) is 17.7 Å². The molecule has 148 valence electrons. The van der Waals surface area contributed by atoms with E-state index in [0.717, 1.165) is 10.8 Å². The van der Waals surface area contributed by atoms with E-state index in [4.69, 9.17) is 0 Å². The first-order valence-corrected chi connectivity index (χ1v) is 9.67. The Kier molecular flexibility index (Phi) is 4.22. The molecule has 4 aromatic rings. The van der Waals surface area contributed by atoms with E-state index >= 15 is 0 Å². The summed E-state index contributed by atoms with van der Waals surface area (Å²) in [6, 6.07) is 14.1. The van der Waals surface area contributed by atoms with Crippen molar-refractivity contribution in [1.82, 2.24) is 14.6 Å². The van der Waals surface area contributed by atoms with E-state index in [1.165, 1.54) is 6.07 Å². The van der Waals surface area contributed by atoms with Crippen LogP contribution in [0.15, 0.2) is 54.7 Å². The minimum absolute atomic E-state index is 0.000272. The summed E-state index contributed by atoms with van der Waals surface area (Å²) in [7, 11) is 0. The normalized spacial score (nSPS) is 24.4. The number of fused-ring (bicyclic) bond motifs is 2. The van der Waals surface area contributed by atoms with Crippen molar-refractivity contribution in [3.63, 3.8) is 0 Å². The number of anilines is 1. The Bertz CT molecular complexity index is 1210. The van der Waals surface area contributed by atoms with Gasteiger partial charge in [-0.3, -0.25) is 0 Å². The van der Waals surface area contributed by atoms with Crippen LogP contribution in [0.3, 0.4) is 0 Å². The molecule has 0 unspecified atom stereocenters. The highest BCUT2D eigenvalue weighted by atomic mass is 19.1. The van der Waals surface area contributed by atoms with E-state index in [1.54, 1.807) is 28.9 Å². The zero-order valence-electron chi connectivity index (χ0n) is 15.8. The highest BCUT2D eigenvalue weighted by Gasteiger charge is 2.39. The molecule has 1 saturated carbocycles. The van der Waals surface area contributed by atoms with Crippen LogP contribution in [0.1, 0.15) is 13.3 Å². The van der Waals surface area contributed by atoms with Crippen LogP contribution >= 0.6 is 0 Å². The van der Waals surface area contributed by atoms with Gasteiger partial charge in [-0.05, 0) is 41.3 Å². The average molecular weight is 392 g/mol. The van der Waals surface area contributed by atoms with Crippen molar-refractivity contribution < 1.29 is 14.6 Å². The van der Waals surface area contributed by atoms with E-state index in [0.29, 0.717) is 29.1 Å². The van der Waals surface area contributed by atoms with Crippen molar-refractivity contribution >= 4 is 22.2 Å². The lowest BCUT2D eigenvalue weighted by molar-refractivity contribution is 0.0210. The summed E-state index contributed by atoms with van der Waals surface area (Å²) in [5.41, 5.74) is 1.46. The molecule has 5 rings (SSSR count). The molecular formula is C22H21FN4O2. The molecule has 0 saturated heterocycles. The van der Waals surface area contributed by atoms with Crippen LogP contribution in [0.2, 0.25) is 0 Å². The molecule has 2 aromatic heterocycles. The molecule has 1 aliphatic rings. The van der Waals surface area contributed by atoms with Gasteiger partial charge in [0.25, 0.3) is 0 Å². The molecule has 0 radical (unpaired) electrons. The average Bonchev–Trinajstić information content (AvgIpc) is 3.25. The first-order chi connectivity index (χ1) is 14.0. The van der Waals surface area contributed by atoms with Crippen molar-refractivity contribution in [2.75, 3.05) is 5.32 Å². The number of aliphatic hydroxyl groups excluding tert-OH is 2. The second kappa shape index (κ2) is 6.79. The van der Waals surface area contributed by atoms with Gasteiger partial charge in [0, 0.05) is 17.8 Å². The molecule has 1 fully saturated rings. The molecule has 1 aliphatic carbocycles. The second-order valence-electron chi connectivity index (χ2n) is 7.75. The highest BCUT2D eigenvalue weighted by Crippen LogP contribution is 2.30. The lowest BCUT2D eigenvalue weighted by atomic mass is 10.0. The number of nitrogens with one attached hydrogen (secondary N) is 1. The van der Waals surface area contributed by atoms with E-state index in [-0.39, 0.29) is 17.8 Å². The van der Waals surface area contributed by atoms with Gasteiger partial charge in [0.2, 0.25) is 0 Å². The summed E-state index contributed by atoms with van der Waals surface area (Å²) in [5, 5.41) is 29.9. The molecule has 0 spiro atoms. The van der Waals surface area contributed by atoms with E-state index in [2.05, 4.69) is 15.4 Å². The summed E-state index contributed by atoms with van der Waals surface area (Å²) in [6.07, 6.45) is 0.659. The lowest BCUT2D eigenvalue weighted by Crippen LogP contribution is -2.35. The van der Waals surface area contributed by atoms with Crippen molar-refractivity contribution in [1.29, 1.82) is 0 Å². The number of hydrogen-bond acceptors (Lipinski definition) is 5. The maximum absolute atomic E-state index is 14.8. The fourth-order valence-corrected chi connectivity index (χ4v) is 4.13. The number of halogens is 1. The number of hydrogen-bond donors (Lipinski definition) is 3. The third-order valence-electron chi connectivity index (χ3n) is 5.77. The number of aromatic nitrogens is 3. The molecule has 6 nitrogen and oxygen atoms in total. The van der Waals surface area contributed by atoms with Gasteiger partial charge < -0.3 is 15.5 Å². The lowest BCUT2D eigenvalue weighted by Gasteiger charge is -2.19. The van der Waals surface area contributed by atoms with Gasteiger partial charge in [-0.1, -0.05) is 31.2 Å². The molecule has 7 heteroatoms. The van der Waals surface area contributed by atoms with Crippen LogP contribution in [0, 0.1) is 11.7 Å². The maximum atomic E-state index is 14.8. The molecule has 3 N–H and O–H groups in total. The minimum Gasteiger partial charge on any atom is -0.390 e. The predicted octanol–water partition coefficient (Wildman–Crippen LogP) is 3.23. The van der Waals surface area contributed by atoms with Crippen LogP contribution in [0.4, 0.5) is 10.2 Å². The monoisotopic (exact) mass is 392 g/mol. The van der Waals surface area contributed by atoms with E-state index in [1.807, 2.05) is 31.2 Å².